The largest absolute Gasteiger partial charge is 0.345 e. The number of halogens is 2. The van der Waals surface area contributed by atoms with Crippen LogP contribution in [0.5, 0.6) is 0 Å². The van der Waals surface area contributed by atoms with E-state index in [2.05, 4.69) is 5.32 Å². The van der Waals surface area contributed by atoms with Crippen molar-refractivity contribution in [2.75, 3.05) is 13.1 Å². The number of hydrogen-bond acceptors (Lipinski definition) is 3. The fourth-order valence-electron chi connectivity index (χ4n) is 4.49. The average molecular weight is 532 g/mol. The van der Waals surface area contributed by atoms with Gasteiger partial charge in [0, 0.05) is 23.1 Å². The predicted octanol–water partition coefficient (Wildman–Crippen LogP) is 5.75. The Bertz CT molecular complexity index is 1300. The molecule has 1 amide bonds. The Morgan fingerprint density at radius 2 is 1.77 bits per heavy atom. The van der Waals surface area contributed by atoms with Crippen molar-refractivity contribution in [2.45, 2.75) is 31.6 Å². The van der Waals surface area contributed by atoms with Crippen LogP contribution in [-0.4, -0.2) is 31.7 Å². The highest BCUT2D eigenvalue weighted by Gasteiger charge is 2.34. The lowest BCUT2D eigenvalue weighted by Crippen LogP contribution is -2.46. The van der Waals surface area contributed by atoms with Crippen molar-refractivity contribution in [3.05, 3.63) is 105 Å². The Labute approximate surface area is 217 Å². The Kier molecular flexibility index (Phi) is 8.17. The molecule has 184 valence electrons. The van der Waals surface area contributed by atoms with Gasteiger partial charge in [-0.05, 0) is 54.2 Å². The van der Waals surface area contributed by atoms with Crippen LogP contribution in [0.1, 0.15) is 41.1 Å². The van der Waals surface area contributed by atoms with Crippen molar-refractivity contribution in [3.63, 3.8) is 0 Å². The van der Waals surface area contributed by atoms with Crippen molar-refractivity contribution in [3.8, 4) is 0 Å². The molecule has 2 atom stereocenters. The van der Waals surface area contributed by atoms with E-state index >= 15 is 0 Å². The van der Waals surface area contributed by atoms with E-state index in [1.807, 2.05) is 61.5 Å². The molecule has 35 heavy (non-hydrogen) atoms. The lowest BCUT2D eigenvalue weighted by molar-refractivity contribution is -0.126. The van der Waals surface area contributed by atoms with Crippen LogP contribution in [0.3, 0.4) is 0 Å². The van der Waals surface area contributed by atoms with Gasteiger partial charge in [-0.2, -0.15) is 0 Å². The molecule has 1 fully saturated rings. The molecule has 0 radical (unpaired) electrons. The number of carbonyl (C=O) groups is 1. The number of hydrogen-bond donors (Lipinski definition) is 1. The van der Waals surface area contributed by atoms with Gasteiger partial charge in [0.25, 0.3) is 0 Å². The van der Waals surface area contributed by atoms with Crippen LogP contribution in [0.2, 0.25) is 10.0 Å². The van der Waals surface area contributed by atoms with Crippen LogP contribution >= 0.6 is 23.2 Å². The number of piperidine rings is 1. The van der Waals surface area contributed by atoms with E-state index in [1.54, 1.807) is 12.1 Å². The fourth-order valence-corrected chi connectivity index (χ4v) is 6.69. The third-order valence-electron chi connectivity index (χ3n) is 6.42. The molecule has 1 aliphatic rings. The number of rotatable bonds is 7. The summed E-state index contributed by atoms with van der Waals surface area (Å²) >= 11 is 12.2. The summed E-state index contributed by atoms with van der Waals surface area (Å²) < 4.78 is 27.8. The third-order valence-corrected chi connectivity index (χ3v) is 8.80. The summed E-state index contributed by atoms with van der Waals surface area (Å²) in [5, 5.41) is 3.97. The number of carbonyl (C=O) groups excluding carboxylic acids is 1. The minimum Gasteiger partial charge on any atom is -0.345 e. The van der Waals surface area contributed by atoms with Crippen molar-refractivity contribution >= 4 is 39.1 Å². The molecule has 3 aromatic carbocycles. The molecule has 1 heterocycles. The summed E-state index contributed by atoms with van der Waals surface area (Å²) in [4.78, 5) is 13.4. The number of aryl methyl sites for hydroxylation is 1. The number of nitrogens with zero attached hydrogens (tertiary/aromatic N) is 1. The van der Waals surface area contributed by atoms with Crippen molar-refractivity contribution in [1.82, 2.24) is 9.62 Å². The van der Waals surface area contributed by atoms with E-state index in [4.69, 9.17) is 23.2 Å². The summed E-state index contributed by atoms with van der Waals surface area (Å²) in [6, 6.07) is 22.3. The Balaban J connectivity index is 1.51. The molecular weight excluding hydrogens is 503 g/mol. The number of sulfonamides is 1. The van der Waals surface area contributed by atoms with Crippen LogP contribution < -0.4 is 5.32 Å². The second-order valence-corrected chi connectivity index (χ2v) is 11.7. The average Bonchev–Trinajstić information content (AvgIpc) is 2.85. The zero-order valence-corrected chi connectivity index (χ0v) is 21.8. The molecule has 1 N–H and O–H groups in total. The van der Waals surface area contributed by atoms with Gasteiger partial charge < -0.3 is 5.32 Å². The van der Waals surface area contributed by atoms with E-state index in [1.165, 1.54) is 10.4 Å². The Morgan fingerprint density at radius 1 is 1.06 bits per heavy atom. The molecule has 5 nitrogen and oxygen atoms in total. The molecule has 0 bridgehead atoms. The second-order valence-electron chi connectivity index (χ2n) is 8.90. The van der Waals surface area contributed by atoms with Crippen molar-refractivity contribution in [2.24, 2.45) is 5.92 Å². The lowest BCUT2D eigenvalue weighted by Gasteiger charge is -2.32. The van der Waals surface area contributed by atoms with E-state index in [-0.39, 0.29) is 24.2 Å². The molecule has 0 aromatic heterocycles. The van der Waals surface area contributed by atoms with Gasteiger partial charge in [0.1, 0.15) is 0 Å². The molecule has 4 rings (SSSR count). The summed E-state index contributed by atoms with van der Waals surface area (Å²) in [6.07, 6.45) is 1.25. The van der Waals surface area contributed by atoms with E-state index in [0.29, 0.717) is 35.0 Å². The maximum atomic E-state index is 13.4. The minimum absolute atomic E-state index is 0.147. The highest BCUT2D eigenvalue weighted by atomic mass is 35.5. The van der Waals surface area contributed by atoms with Gasteiger partial charge in [0.15, 0.2) is 0 Å². The molecule has 1 aliphatic heterocycles. The van der Waals surface area contributed by atoms with Gasteiger partial charge in [-0.15, -0.1) is 0 Å². The first-order chi connectivity index (χ1) is 16.7. The lowest BCUT2D eigenvalue weighted by atomic mass is 9.93. The smallest absolute Gasteiger partial charge is 0.225 e. The van der Waals surface area contributed by atoms with Crippen LogP contribution in [0.4, 0.5) is 0 Å². The molecule has 0 aliphatic carbocycles. The van der Waals surface area contributed by atoms with E-state index in [9.17, 15) is 13.2 Å². The first-order valence-electron chi connectivity index (χ1n) is 11.6. The van der Waals surface area contributed by atoms with Gasteiger partial charge in [-0.1, -0.05) is 83.9 Å². The maximum absolute atomic E-state index is 13.4. The van der Waals surface area contributed by atoms with E-state index in [0.717, 1.165) is 16.7 Å². The molecule has 8 heteroatoms. The number of benzene rings is 3. The maximum Gasteiger partial charge on any atom is 0.225 e. The highest BCUT2D eigenvalue weighted by Crippen LogP contribution is 2.29. The normalized spacial score (nSPS) is 17.6. The summed E-state index contributed by atoms with van der Waals surface area (Å²) in [7, 11) is -3.65. The van der Waals surface area contributed by atoms with Gasteiger partial charge in [-0.3, -0.25) is 4.79 Å². The number of nitrogens with one attached hydrogen (secondary N) is 1. The minimum atomic E-state index is -3.65. The van der Waals surface area contributed by atoms with Crippen LogP contribution in [0, 0.1) is 12.8 Å². The number of amides is 1. The zero-order chi connectivity index (χ0) is 25.0. The summed E-state index contributed by atoms with van der Waals surface area (Å²) in [5.41, 5.74) is 3.57. The van der Waals surface area contributed by atoms with Crippen molar-refractivity contribution < 1.29 is 13.2 Å². The van der Waals surface area contributed by atoms with Crippen molar-refractivity contribution in [1.29, 1.82) is 0 Å². The third kappa shape index (κ3) is 6.25. The van der Waals surface area contributed by atoms with Gasteiger partial charge in [0.05, 0.1) is 17.7 Å². The molecular formula is C27H28Cl2N2O3S. The van der Waals surface area contributed by atoms with Gasteiger partial charge in [0.2, 0.25) is 15.9 Å². The monoisotopic (exact) mass is 530 g/mol. The first kappa shape index (κ1) is 25.7. The highest BCUT2D eigenvalue weighted by molar-refractivity contribution is 7.88. The second kappa shape index (κ2) is 11.1. The molecule has 0 spiro atoms. The Morgan fingerprint density at radius 3 is 2.49 bits per heavy atom. The predicted molar refractivity (Wildman–Crippen MR) is 141 cm³/mol. The Hall–Kier alpha value is -2.38. The van der Waals surface area contributed by atoms with Gasteiger partial charge in [-0.25, -0.2) is 12.7 Å². The summed E-state index contributed by atoms with van der Waals surface area (Å²) in [5.74, 6) is -0.811. The SMILES string of the molecule is Cc1ccccc1[C@H](NC(=O)[C@@H]1CCCN(S(=O)(=O)Cc2ccc(Cl)cc2Cl)C1)c1ccccc1. The van der Waals surface area contributed by atoms with Crippen LogP contribution in [-0.2, 0) is 20.6 Å². The molecule has 1 saturated heterocycles. The topological polar surface area (TPSA) is 66.5 Å². The first-order valence-corrected chi connectivity index (χ1v) is 13.9. The van der Waals surface area contributed by atoms with Crippen LogP contribution in [0.25, 0.3) is 0 Å². The fraction of sp³-hybridized carbons (Fsp3) is 0.296. The summed E-state index contributed by atoms with van der Waals surface area (Å²) in [6.45, 7) is 2.56. The standard InChI is InChI=1S/C27H28Cl2N2O3S/c1-19-8-5-6-12-24(19)26(20-9-3-2-4-10-20)30-27(32)21-11-7-15-31(17-21)35(33,34)18-22-13-14-23(28)16-25(22)29/h2-6,8-10,12-14,16,21,26H,7,11,15,17-18H2,1H3,(H,30,32)/t21-,26-/m1/s1. The van der Waals surface area contributed by atoms with E-state index < -0.39 is 15.9 Å². The quantitative estimate of drug-likeness (QED) is 0.422. The zero-order valence-electron chi connectivity index (χ0n) is 19.5. The molecule has 3 aromatic rings. The molecule has 0 unspecified atom stereocenters. The molecule has 0 saturated carbocycles. The van der Waals surface area contributed by atoms with Crippen LogP contribution in [0.15, 0.2) is 72.8 Å². The van der Waals surface area contributed by atoms with Gasteiger partial charge >= 0.3 is 0 Å².